The molecule has 0 aliphatic carbocycles. The van der Waals surface area contributed by atoms with Crippen LogP contribution < -0.4 is 10.1 Å². The number of nitrogens with zero attached hydrogens (tertiary/aromatic N) is 5. The molecule has 10 nitrogen and oxygen atoms in total. The molecule has 1 unspecified atom stereocenters. The topological polar surface area (TPSA) is 95.2 Å². The molecule has 2 aromatic carbocycles. The second kappa shape index (κ2) is 11.5. The van der Waals surface area contributed by atoms with Gasteiger partial charge in [0.25, 0.3) is 5.91 Å². The third-order valence-electron chi connectivity index (χ3n) is 8.09. The Labute approximate surface area is 243 Å². The predicted octanol–water partition coefficient (Wildman–Crippen LogP) is 5.14. The molecule has 10 heteroatoms. The number of hydrogen-bond donors (Lipinski definition) is 1. The Hall–Kier alpha value is -4.41. The molecule has 42 heavy (non-hydrogen) atoms. The molecule has 1 N–H and O–H groups in total. The molecule has 5 aromatic rings. The predicted molar refractivity (Wildman–Crippen MR) is 160 cm³/mol. The highest BCUT2D eigenvalue weighted by Crippen LogP contribution is 2.32. The minimum absolute atomic E-state index is 0.00394. The van der Waals surface area contributed by atoms with E-state index in [1.54, 1.807) is 7.11 Å². The standard InChI is InChI=1S/C32H34N6O4/c1-40-25-8-5-22(6-9-25)20-33-31-29-19-24(32(39)36-13-16-41-17-14-36)21-37(29)28-10-7-23(18-26(28)35-31)27-11-12-34-38(27)30-4-2-3-15-42-30/h5-12,18-19,21,30H,2-4,13-17,20H2,1H3,(H,33,35). The lowest BCUT2D eigenvalue weighted by Crippen LogP contribution is -2.40. The van der Waals surface area contributed by atoms with E-state index in [4.69, 9.17) is 19.2 Å². The number of carbonyl (C=O) groups excluding carboxylic acids is 1. The molecule has 1 amide bonds. The number of morpholine rings is 1. The third kappa shape index (κ3) is 5.08. The van der Waals surface area contributed by atoms with Crippen LogP contribution in [0, 0.1) is 0 Å². The summed E-state index contributed by atoms with van der Waals surface area (Å²) in [5.41, 5.74) is 6.32. The van der Waals surface area contributed by atoms with E-state index < -0.39 is 0 Å². The van der Waals surface area contributed by atoms with Crippen LogP contribution in [0.1, 0.15) is 41.4 Å². The zero-order chi connectivity index (χ0) is 28.5. The molecular formula is C32H34N6O4. The number of amides is 1. The number of benzene rings is 2. The molecule has 2 aliphatic rings. The highest BCUT2D eigenvalue weighted by molar-refractivity contribution is 5.98. The molecule has 3 aromatic heterocycles. The average Bonchev–Trinajstić information content (AvgIpc) is 3.73. The monoisotopic (exact) mass is 566 g/mol. The maximum Gasteiger partial charge on any atom is 0.255 e. The number of rotatable bonds is 7. The van der Waals surface area contributed by atoms with Crippen LogP contribution in [0.5, 0.6) is 5.75 Å². The summed E-state index contributed by atoms with van der Waals surface area (Å²) in [6.45, 7) is 3.63. The summed E-state index contributed by atoms with van der Waals surface area (Å²) in [5.74, 6) is 1.53. The number of carbonyl (C=O) groups is 1. The Balaban J connectivity index is 1.29. The van der Waals surface area contributed by atoms with Crippen LogP contribution >= 0.6 is 0 Å². The fourth-order valence-electron chi connectivity index (χ4n) is 5.81. The van der Waals surface area contributed by atoms with Crippen molar-refractivity contribution in [2.24, 2.45) is 0 Å². The summed E-state index contributed by atoms with van der Waals surface area (Å²) in [4.78, 5) is 20.4. The fraction of sp³-hybridized carbons (Fsp3) is 0.344. The molecule has 2 fully saturated rings. The molecule has 216 valence electrons. The molecule has 0 bridgehead atoms. The minimum atomic E-state index is -0.0604. The van der Waals surface area contributed by atoms with Crippen LogP contribution in [-0.2, 0) is 16.0 Å². The summed E-state index contributed by atoms with van der Waals surface area (Å²) < 4.78 is 20.8. The van der Waals surface area contributed by atoms with Crippen molar-refractivity contribution in [3.05, 3.63) is 78.1 Å². The number of hydrogen-bond acceptors (Lipinski definition) is 7. The SMILES string of the molecule is COc1ccc(CNc2nc3cc(-c4ccnn4C4CCCCO4)ccc3n3cc(C(=O)N4CCOCC4)cc23)cc1. The first-order chi connectivity index (χ1) is 20.7. The van der Waals surface area contributed by atoms with Crippen LogP contribution in [0.2, 0.25) is 0 Å². The lowest BCUT2D eigenvalue weighted by molar-refractivity contribution is -0.0383. The quantitative estimate of drug-likeness (QED) is 0.291. The average molecular weight is 567 g/mol. The van der Waals surface area contributed by atoms with E-state index >= 15 is 0 Å². The summed E-state index contributed by atoms with van der Waals surface area (Å²) >= 11 is 0. The normalized spacial score (nSPS) is 17.5. The van der Waals surface area contributed by atoms with Gasteiger partial charge in [0.05, 0.1) is 48.1 Å². The maximum atomic E-state index is 13.4. The number of aromatic nitrogens is 4. The summed E-state index contributed by atoms with van der Waals surface area (Å²) in [6.07, 6.45) is 6.85. The lowest BCUT2D eigenvalue weighted by Gasteiger charge is -2.26. The van der Waals surface area contributed by atoms with Crippen molar-refractivity contribution in [1.29, 1.82) is 0 Å². The first kappa shape index (κ1) is 26.5. The van der Waals surface area contributed by atoms with E-state index in [0.29, 0.717) is 44.2 Å². The maximum absolute atomic E-state index is 13.4. The lowest BCUT2D eigenvalue weighted by atomic mass is 10.1. The van der Waals surface area contributed by atoms with Gasteiger partial charge in [0.15, 0.2) is 12.0 Å². The van der Waals surface area contributed by atoms with Crippen molar-refractivity contribution in [2.75, 3.05) is 45.3 Å². The van der Waals surface area contributed by atoms with Gasteiger partial charge in [-0.3, -0.25) is 4.79 Å². The van der Waals surface area contributed by atoms with E-state index in [0.717, 1.165) is 65.0 Å². The van der Waals surface area contributed by atoms with Crippen LogP contribution in [0.25, 0.3) is 27.8 Å². The van der Waals surface area contributed by atoms with E-state index in [-0.39, 0.29) is 12.1 Å². The molecule has 5 heterocycles. The second-order valence-corrected chi connectivity index (χ2v) is 10.7. The molecule has 0 spiro atoms. The van der Waals surface area contributed by atoms with E-state index in [2.05, 4.69) is 33.0 Å². The van der Waals surface area contributed by atoms with Gasteiger partial charge in [-0.1, -0.05) is 18.2 Å². The molecule has 7 rings (SSSR count). The van der Waals surface area contributed by atoms with Crippen LogP contribution in [0.3, 0.4) is 0 Å². The second-order valence-electron chi connectivity index (χ2n) is 10.7. The van der Waals surface area contributed by atoms with E-state index in [9.17, 15) is 4.79 Å². The Bertz CT molecular complexity index is 1710. The largest absolute Gasteiger partial charge is 0.497 e. The van der Waals surface area contributed by atoms with Crippen molar-refractivity contribution in [3.63, 3.8) is 0 Å². The van der Waals surface area contributed by atoms with Gasteiger partial charge < -0.3 is 28.8 Å². The Kier molecular flexibility index (Phi) is 7.23. The third-order valence-corrected chi connectivity index (χ3v) is 8.09. The molecule has 2 aliphatic heterocycles. The van der Waals surface area contributed by atoms with Crippen molar-refractivity contribution < 1.29 is 19.0 Å². The number of fused-ring (bicyclic) bond motifs is 3. The van der Waals surface area contributed by atoms with Gasteiger partial charge in [0, 0.05) is 44.2 Å². The zero-order valence-electron chi connectivity index (χ0n) is 23.7. The molecule has 2 saturated heterocycles. The van der Waals surface area contributed by atoms with Gasteiger partial charge in [-0.2, -0.15) is 5.10 Å². The number of anilines is 1. The van der Waals surface area contributed by atoms with Crippen molar-refractivity contribution in [1.82, 2.24) is 24.1 Å². The van der Waals surface area contributed by atoms with Crippen LogP contribution in [0.4, 0.5) is 5.82 Å². The van der Waals surface area contributed by atoms with Gasteiger partial charge in [0.1, 0.15) is 5.75 Å². The Morgan fingerprint density at radius 3 is 2.67 bits per heavy atom. The molecule has 0 radical (unpaired) electrons. The van der Waals surface area contributed by atoms with Crippen molar-refractivity contribution in [3.8, 4) is 17.0 Å². The summed E-state index contributed by atoms with van der Waals surface area (Å²) in [6, 6.07) is 18.2. The van der Waals surface area contributed by atoms with Gasteiger partial charge in [-0.15, -0.1) is 0 Å². The number of methoxy groups -OCH3 is 1. The van der Waals surface area contributed by atoms with Crippen LogP contribution in [-0.4, -0.2) is 70.0 Å². The first-order valence-corrected chi connectivity index (χ1v) is 14.5. The van der Waals surface area contributed by atoms with Crippen molar-refractivity contribution in [2.45, 2.75) is 32.0 Å². The summed E-state index contributed by atoms with van der Waals surface area (Å²) in [5, 5.41) is 8.13. The number of nitrogens with one attached hydrogen (secondary N) is 1. The highest BCUT2D eigenvalue weighted by Gasteiger charge is 2.23. The Morgan fingerprint density at radius 2 is 1.88 bits per heavy atom. The Morgan fingerprint density at radius 1 is 1.02 bits per heavy atom. The van der Waals surface area contributed by atoms with Gasteiger partial charge in [-0.05, 0) is 61.2 Å². The number of ether oxygens (including phenoxy) is 3. The minimum Gasteiger partial charge on any atom is -0.497 e. The van der Waals surface area contributed by atoms with E-state index in [1.807, 2.05) is 58.4 Å². The first-order valence-electron chi connectivity index (χ1n) is 14.5. The van der Waals surface area contributed by atoms with Gasteiger partial charge >= 0.3 is 0 Å². The molecular weight excluding hydrogens is 532 g/mol. The molecule has 1 atom stereocenters. The van der Waals surface area contributed by atoms with Crippen molar-refractivity contribution >= 4 is 28.3 Å². The van der Waals surface area contributed by atoms with Gasteiger partial charge in [0.2, 0.25) is 0 Å². The zero-order valence-corrected chi connectivity index (χ0v) is 23.7. The van der Waals surface area contributed by atoms with Gasteiger partial charge in [-0.25, -0.2) is 9.67 Å². The van der Waals surface area contributed by atoms with Crippen LogP contribution in [0.15, 0.2) is 67.0 Å². The summed E-state index contributed by atoms with van der Waals surface area (Å²) in [7, 11) is 1.66. The molecule has 0 saturated carbocycles. The smallest absolute Gasteiger partial charge is 0.255 e. The van der Waals surface area contributed by atoms with E-state index in [1.165, 1.54) is 0 Å². The highest BCUT2D eigenvalue weighted by atomic mass is 16.5. The fourth-order valence-corrected chi connectivity index (χ4v) is 5.81.